The molecule has 1 N–H and O–H groups in total. The van der Waals surface area contributed by atoms with E-state index in [0.29, 0.717) is 6.42 Å². The number of benzene rings is 2. The van der Waals surface area contributed by atoms with Crippen LogP contribution < -0.4 is 9.56 Å². The van der Waals surface area contributed by atoms with Crippen LogP contribution >= 0.6 is 0 Å². The molecule has 150 valence electrons. The third-order valence-electron chi connectivity index (χ3n) is 4.87. The fourth-order valence-corrected chi connectivity index (χ4v) is 4.61. The van der Waals surface area contributed by atoms with Crippen molar-refractivity contribution >= 4 is 20.9 Å². The zero-order valence-electron chi connectivity index (χ0n) is 17.1. The van der Waals surface area contributed by atoms with Crippen LogP contribution in [0.5, 0.6) is 0 Å². The maximum atomic E-state index is 12.8. The van der Waals surface area contributed by atoms with E-state index in [-0.39, 0.29) is 16.4 Å². The fourth-order valence-electron chi connectivity index (χ4n) is 3.37. The zero-order valence-corrected chi connectivity index (χ0v) is 17.9. The highest BCUT2D eigenvalue weighted by molar-refractivity contribution is 7.89. The number of rotatable bonds is 6. The molecule has 0 aliphatic rings. The van der Waals surface area contributed by atoms with Crippen LogP contribution in [0.2, 0.25) is 0 Å². The number of nitrogens with zero attached hydrogens (tertiary/aromatic N) is 1. The maximum Gasteiger partial charge on any atom is 0.240 e. The summed E-state index contributed by atoms with van der Waals surface area (Å²) in [5.74, 6) is 0. The third-order valence-corrected chi connectivity index (χ3v) is 6.48. The standard InChI is InChI=1S/C22H28N2O3S/c1-16(14-17-15-24(27-5)21-9-7-6-8-20(17)21)23-28(25,26)19-12-10-18(11-13-19)22(2,3)4/h6-13,15-16,23H,14H2,1-5H3/t16-/m0/s1. The first kappa shape index (κ1) is 20.4. The van der Waals surface area contributed by atoms with Crippen LogP contribution in [0.3, 0.4) is 0 Å². The van der Waals surface area contributed by atoms with Gasteiger partial charge in [0.15, 0.2) is 0 Å². The lowest BCUT2D eigenvalue weighted by atomic mass is 9.87. The summed E-state index contributed by atoms with van der Waals surface area (Å²) < 4.78 is 30.1. The fraction of sp³-hybridized carbons (Fsp3) is 0.364. The first-order chi connectivity index (χ1) is 13.1. The minimum Gasteiger partial charge on any atom is -0.417 e. The van der Waals surface area contributed by atoms with Gasteiger partial charge < -0.3 is 4.84 Å². The lowest BCUT2D eigenvalue weighted by Crippen LogP contribution is -2.34. The quantitative estimate of drug-likeness (QED) is 0.682. The molecule has 0 aliphatic heterocycles. The molecule has 0 unspecified atom stereocenters. The minimum atomic E-state index is -3.58. The second kappa shape index (κ2) is 7.60. The van der Waals surface area contributed by atoms with Crippen molar-refractivity contribution in [3.05, 3.63) is 65.9 Å². The number of nitrogens with one attached hydrogen (secondary N) is 1. The molecule has 28 heavy (non-hydrogen) atoms. The Kier molecular flexibility index (Phi) is 5.55. The molecule has 0 radical (unpaired) electrons. The number of hydrogen-bond donors (Lipinski definition) is 1. The lowest BCUT2D eigenvalue weighted by molar-refractivity contribution is 0.179. The van der Waals surface area contributed by atoms with E-state index in [9.17, 15) is 8.42 Å². The van der Waals surface area contributed by atoms with Crippen LogP contribution in [-0.4, -0.2) is 26.3 Å². The van der Waals surface area contributed by atoms with Crippen LogP contribution in [0, 0.1) is 0 Å². The first-order valence-corrected chi connectivity index (χ1v) is 10.9. The molecule has 0 saturated heterocycles. The molecule has 1 heterocycles. The largest absolute Gasteiger partial charge is 0.417 e. The van der Waals surface area contributed by atoms with Crippen LogP contribution in [-0.2, 0) is 21.9 Å². The molecular weight excluding hydrogens is 372 g/mol. The molecule has 2 aromatic carbocycles. The molecule has 3 aromatic rings. The van der Waals surface area contributed by atoms with Gasteiger partial charge in [-0.1, -0.05) is 51.1 Å². The number of fused-ring (bicyclic) bond motifs is 1. The van der Waals surface area contributed by atoms with Crippen molar-refractivity contribution in [3.63, 3.8) is 0 Å². The van der Waals surface area contributed by atoms with Crippen molar-refractivity contribution in [1.29, 1.82) is 0 Å². The van der Waals surface area contributed by atoms with Crippen molar-refractivity contribution in [1.82, 2.24) is 9.45 Å². The van der Waals surface area contributed by atoms with Crippen LogP contribution in [0.15, 0.2) is 59.6 Å². The molecule has 0 bridgehead atoms. The van der Waals surface area contributed by atoms with Gasteiger partial charge in [-0.25, -0.2) is 13.1 Å². The summed E-state index contributed by atoms with van der Waals surface area (Å²) >= 11 is 0. The average molecular weight is 401 g/mol. The van der Waals surface area contributed by atoms with E-state index < -0.39 is 10.0 Å². The Bertz CT molecular complexity index is 1060. The molecule has 0 saturated carbocycles. The highest BCUT2D eigenvalue weighted by Gasteiger charge is 2.21. The molecule has 3 rings (SSSR count). The number of para-hydroxylation sites is 1. The van der Waals surface area contributed by atoms with Gasteiger partial charge in [-0.2, -0.15) is 4.73 Å². The van der Waals surface area contributed by atoms with Crippen molar-refractivity contribution in [2.75, 3.05) is 7.11 Å². The molecule has 5 nitrogen and oxygen atoms in total. The number of sulfonamides is 1. The topological polar surface area (TPSA) is 60.3 Å². The molecule has 0 amide bonds. The summed E-state index contributed by atoms with van der Waals surface area (Å²) in [6.45, 7) is 8.19. The van der Waals surface area contributed by atoms with Gasteiger partial charge in [0.2, 0.25) is 10.0 Å². The minimum absolute atomic E-state index is 0.0153. The van der Waals surface area contributed by atoms with E-state index in [1.54, 1.807) is 24.0 Å². The van der Waals surface area contributed by atoms with Gasteiger partial charge in [0.1, 0.15) is 7.11 Å². The Balaban J connectivity index is 1.78. The molecular formula is C22H28N2O3S. The molecule has 6 heteroatoms. The highest BCUT2D eigenvalue weighted by atomic mass is 32.2. The molecule has 1 atom stereocenters. The zero-order chi connectivity index (χ0) is 20.5. The van der Waals surface area contributed by atoms with Crippen LogP contribution in [0.25, 0.3) is 10.9 Å². The Morgan fingerprint density at radius 2 is 1.71 bits per heavy atom. The molecule has 1 aromatic heterocycles. The summed E-state index contributed by atoms with van der Waals surface area (Å²) in [4.78, 5) is 5.66. The van der Waals surface area contributed by atoms with Crippen molar-refractivity contribution < 1.29 is 13.3 Å². The lowest BCUT2D eigenvalue weighted by Gasteiger charge is -2.19. The summed E-state index contributed by atoms with van der Waals surface area (Å²) in [7, 11) is -1.97. The van der Waals surface area contributed by atoms with Crippen molar-refractivity contribution in [3.8, 4) is 0 Å². The van der Waals surface area contributed by atoms with Gasteiger partial charge in [-0.15, -0.1) is 0 Å². The Labute approximate surface area is 167 Å². The van der Waals surface area contributed by atoms with E-state index >= 15 is 0 Å². The van der Waals surface area contributed by atoms with Crippen LogP contribution in [0.4, 0.5) is 0 Å². The van der Waals surface area contributed by atoms with Gasteiger partial charge in [-0.05, 0) is 48.1 Å². The Hall–Kier alpha value is -2.31. The summed E-state index contributed by atoms with van der Waals surface area (Å²) in [5, 5.41) is 1.06. The van der Waals surface area contributed by atoms with E-state index in [1.807, 2.05) is 49.5 Å². The second-order valence-corrected chi connectivity index (χ2v) is 9.89. The van der Waals surface area contributed by atoms with Gasteiger partial charge in [-0.3, -0.25) is 0 Å². The second-order valence-electron chi connectivity index (χ2n) is 8.18. The first-order valence-electron chi connectivity index (χ1n) is 9.38. The van der Waals surface area contributed by atoms with E-state index in [4.69, 9.17) is 4.84 Å². The van der Waals surface area contributed by atoms with E-state index in [0.717, 1.165) is 22.0 Å². The van der Waals surface area contributed by atoms with E-state index in [2.05, 4.69) is 25.5 Å². The molecule has 0 fully saturated rings. The Morgan fingerprint density at radius 1 is 1.07 bits per heavy atom. The summed E-state index contributed by atoms with van der Waals surface area (Å²) in [6.07, 6.45) is 2.48. The Morgan fingerprint density at radius 3 is 2.32 bits per heavy atom. The smallest absolute Gasteiger partial charge is 0.240 e. The van der Waals surface area contributed by atoms with E-state index in [1.165, 1.54) is 0 Å². The number of aromatic nitrogens is 1. The maximum absolute atomic E-state index is 12.8. The predicted molar refractivity (Wildman–Crippen MR) is 113 cm³/mol. The predicted octanol–water partition coefficient (Wildman–Crippen LogP) is 3.91. The average Bonchev–Trinajstić information content (AvgIpc) is 2.98. The van der Waals surface area contributed by atoms with Crippen LogP contribution in [0.1, 0.15) is 38.8 Å². The number of hydrogen-bond acceptors (Lipinski definition) is 3. The molecule has 0 spiro atoms. The van der Waals surface area contributed by atoms with Crippen molar-refractivity contribution in [2.24, 2.45) is 0 Å². The normalized spacial score (nSPS) is 13.6. The van der Waals surface area contributed by atoms with Gasteiger partial charge in [0.05, 0.1) is 10.4 Å². The van der Waals surface area contributed by atoms with Gasteiger partial charge >= 0.3 is 0 Å². The molecule has 0 aliphatic carbocycles. The van der Waals surface area contributed by atoms with Gasteiger partial charge in [0, 0.05) is 17.6 Å². The summed E-state index contributed by atoms with van der Waals surface area (Å²) in [5.41, 5.74) is 3.09. The van der Waals surface area contributed by atoms with Gasteiger partial charge in [0.25, 0.3) is 0 Å². The SMILES string of the molecule is COn1cc(C[C@H](C)NS(=O)(=O)c2ccc(C(C)(C)C)cc2)c2ccccc21. The third kappa shape index (κ3) is 4.23. The van der Waals surface area contributed by atoms with Crippen molar-refractivity contribution in [2.45, 2.75) is 50.5 Å². The highest BCUT2D eigenvalue weighted by Crippen LogP contribution is 2.24. The monoisotopic (exact) mass is 400 g/mol. The summed E-state index contributed by atoms with van der Waals surface area (Å²) in [6, 6.07) is 14.8.